The summed E-state index contributed by atoms with van der Waals surface area (Å²) >= 11 is 6.36. The average molecular weight is 459 g/mol. The highest BCUT2D eigenvalue weighted by atomic mass is 35.5. The van der Waals surface area contributed by atoms with E-state index >= 15 is 0 Å². The average Bonchev–Trinajstić information content (AvgIpc) is 3.67. The zero-order valence-corrected chi connectivity index (χ0v) is 18.9. The maximum atomic E-state index is 14.4. The van der Waals surface area contributed by atoms with Crippen molar-refractivity contribution in [2.75, 3.05) is 13.1 Å². The summed E-state index contributed by atoms with van der Waals surface area (Å²) in [5, 5.41) is 10.0. The number of nitrogens with zero attached hydrogens (tertiary/aromatic N) is 2. The topological polar surface area (TPSA) is 62.7 Å². The molecule has 0 unspecified atom stereocenters. The second-order valence-electron chi connectivity index (χ2n) is 9.38. The van der Waals surface area contributed by atoms with Crippen LogP contribution >= 0.6 is 11.6 Å². The summed E-state index contributed by atoms with van der Waals surface area (Å²) in [5.41, 5.74) is 2.58. The van der Waals surface area contributed by atoms with E-state index in [0.717, 1.165) is 73.6 Å². The number of halogens is 2. The highest BCUT2D eigenvalue weighted by Gasteiger charge is 2.33. The SMILES string of the molecule is C[C@H](c1ccc(Cl)c(C2CC2)n1)N1CCC[C@@H](Oc2cc(F)c(C(=O)O)cc2C2CC2)C1. The van der Waals surface area contributed by atoms with Gasteiger partial charge in [0, 0.05) is 24.6 Å². The highest BCUT2D eigenvalue weighted by Crippen LogP contribution is 2.46. The van der Waals surface area contributed by atoms with Crippen LogP contribution in [0.5, 0.6) is 5.75 Å². The van der Waals surface area contributed by atoms with Gasteiger partial charge in [0.15, 0.2) is 0 Å². The zero-order valence-electron chi connectivity index (χ0n) is 18.2. The quantitative estimate of drug-likeness (QED) is 0.557. The van der Waals surface area contributed by atoms with Gasteiger partial charge in [-0.1, -0.05) is 11.6 Å². The molecule has 170 valence electrons. The van der Waals surface area contributed by atoms with Crippen LogP contribution in [0.25, 0.3) is 0 Å². The number of piperidine rings is 1. The van der Waals surface area contributed by atoms with E-state index in [1.165, 1.54) is 12.1 Å². The minimum absolute atomic E-state index is 0.0750. The van der Waals surface area contributed by atoms with Gasteiger partial charge in [0.1, 0.15) is 17.7 Å². The van der Waals surface area contributed by atoms with Crippen LogP contribution in [-0.4, -0.2) is 40.2 Å². The number of carboxylic acids is 1. The van der Waals surface area contributed by atoms with Gasteiger partial charge in [0.2, 0.25) is 0 Å². The predicted octanol–water partition coefficient (Wildman–Crippen LogP) is 5.93. The number of ether oxygens (including phenoxy) is 1. The molecule has 2 saturated carbocycles. The molecule has 3 aliphatic rings. The normalized spacial score (nSPS) is 22.5. The van der Waals surface area contributed by atoms with Crippen LogP contribution in [0.15, 0.2) is 24.3 Å². The maximum absolute atomic E-state index is 14.4. The molecule has 3 fully saturated rings. The molecule has 0 amide bonds. The predicted molar refractivity (Wildman–Crippen MR) is 120 cm³/mol. The molecule has 2 atom stereocenters. The number of likely N-dealkylation sites (tertiary alicyclic amines) is 1. The molecule has 1 aromatic carbocycles. The lowest BCUT2D eigenvalue weighted by atomic mass is 10.0. The Hall–Kier alpha value is -2.18. The van der Waals surface area contributed by atoms with Gasteiger partial charge in [0.05, 0.1) is 22.0 Å². The Bertz CT molecular complexity index is 1040. The van der Waals surface area contributed by atoms with Crippen molar-refractivity contribution < 1.29 is 19.0 Å². The van der Waals surface area contributed by atoms with E-state index < -0.39 is 11.8 Å². The Kier molecular flexibility index (Phi) is 5.84. The summed E-state index contributed by atoms with van der Waals surface area (Å²) in [7, 11) is 0. The maximum Gasteiger partial charge on any atom is 0.338 e. The van der Waals surface area contributed by atoms with Crippen molar-refractivity contribution in [3.63, 3.8) is 0 Å². The van der Waals surface area contributed by atoms with Gasteiger partial charge in [-0.05, 0) is 81.7 Å². The lowest BCUT2D eigenvalue weighted by molar-refractivity contribution is 0.0636. The van der Waals surface area contributed by atoms with Crippen LogP contribution in [-0.2, 0) is 0 Å². The number of pyridine rings is 1. The summed E-state index contributed by atoms with van der Waals surface area (Å²) < 4.78 is 20.7. The Morgan fingerprint density at radius 2 is 1.97 bits per heavy atom. The van der Waals surface area contributed by atoms with E-state index in [1.807, 2.05) is 12.1 Å². The molecule has 5 nitrogen and oxygen atoms in total. The highest BCUT2D eigenvalue weighted by molar-refractivity contribution is 6.31. The van der Waals surface area contributed by atoms with Crippen molar-refractivity contribution in [3.05, 3.63) is 57.6 Å². The molecule has 32 heavy (non-hydrogen) atoms. The summed E-state index contributed by atoms with van der Waals surface area (Å²) in [5.74, 6) is -0.723. The smallest absolute Gasteiger partial charge is 0.338 e. The molecular formula is C25H28ClFN2O3. The Morgan fingerprint density at radius 1 is 1.22 bits per heavy atom. The first-order valence-corrected chi connectivity index (χ1v) is 11.9. The third kappa shape index (κ3) is 4.48. The van der Waals surface area contributed by atoms with Gasteiger partial charge >= 0.3 is 5.97 Å². The van der Waals surface area contributed by atoms with Crippen molar-refractivity contribution in [2.24, 2.45) is 0 Å². The van der Waals surface area contributed by atoms with Crippen molar-refractivity contribution in [1.29, 1.82) is 0 Å². The second-order valence-corrected chi connectivity index (χ2v) is 9.79. The first kappa shape index (κ1) is 21.7. The fraction of sp³-hybridized carbons (Fsp3) is 0.520. The molecule has 1 saturated heterocycles. The zero-order chi connectivity index (χ0) is 22.4. The lowest BCUT2D eigenvalue weighted by Crippen LogP contribution is -2.42. The fourth-order valence-corrected chi connectivity index (χ4v) is 4.94. The van der Waals surface area contributed by atoms with Gasteiger partial charge < -0.3 is 9.84 Å². The van der Waals surface area contributed by atoms with Gasteiger partial charge in [-0.3, -0.25) is 9.88 Å². The summed E-state index contributed by atoms with van der Waals surface area (Å²) in [4.78, 5) is 18.6. The minimum Gasteiger partial charge on any atom is -0.489 e. The second kappa shape index (κ2) is 8.64. The molecule has 5 rings (SSSR count). The molecule has 2 aromatic rings. The molecule has 1 N–H and O–H groups in total. The standard InChI is InChI=1S/C25H28ClFN2O3/c1-14(22-9-8-20(26)24(28-22)16-6-7-16)29-10-2-3-17(13-29)32-23-12-21(27)19(25(30)31)11-18(23)15-4-5-15/h8-9,11-12,14-17H,2-7,10,13H2,1H3,(H,30,31)/t14-,17-/m1/s1. The summed E-state index contributed by atoms with van der Waals surface area (Å²) in [6.45, 7) is 3.83. The molecule has 0 bridgehead atoms. The van der Waals surface area contributed by atoms with Crippen LogP contribution in [0.1, 0.15) is 90.6 Å². The fourth-order valence-electron chi connectivity index (χ4n) is 4.68. The summed E-state index contributed by atoms with van der Waals surface area (Å²) in [6, 6.07) is 6.83. The molecule has 7 heteroatoms. The van der Waals surface area contributed by atoms with Crippen molar-refractivity contribution >= 4 is 17.6 Å². The molecule has 1 aliphatic heterocycles. The van der Waals surface area contributed by atoms with E-state index in [0.29, 0.717) is 11.7 Å². The van der Waals surface area contributed by atoms with Gasteiger partial charge in [0.25, 0.3) is 0 Å². The Morgan fingerprint density at radius 3 is 2.66 bits per heavy atom. The van der Waals surface area contributed by atoms with E-state index in [1.54, 1.807) is 0 Å². The Balaban J connectivity index is 1.32. The van der Waals surface area contributed by atoms with Gasteiger partial charge in [-0.15, -0.1) is 0 Å². The van der Waals surface area contributed by atoms with Crippen molar-refractivity contribution in [3.8, 4) is 5.75 Å². The molecule has 2 aliphatic carbocycles. The Labute approximate surface area is 192 Å². The van der Waals surface area contributed by atoms with E-state index in [9.17, 15) is 14.3 Å². The van der Waals surface area contributed by atoms with Crippen LogP contribution in [0, 0.1) is 5.82 Å². The molecule has 0 radical (unpaired) electrons. The largest absolute Gasteiger partial charge is 0.489 e. The number of carboxylic acid groups (broad SMARTS) is 1. The third-order valence-corrected chi connectivity index (χ3v) is 7.20. The van der Waals surface area contributed by atoms with Gasteiger partial charge in [-0.25, -0.2) is 9.18 Å². The minimum atomic E-state index is -1.24. The van der Waals surface area contributed by atoms with Crippen LogP contribution < -0.4 is 4.74 Å². The number of rotatable bonds is 7. The first-order chi connectivity index (χ1) is 15.4. The van der Waals surface area contributed by atoms with E-state index in [-0.39, 0.29) is 23.6 Å². The van der Waals surface area contributed by atoms with Crippen LogP contribution in [0.3, 0.4) is 0 Å². The number of carbonyl (C=O) groups is 1. The molecular weight excluding hydrogens is 431 g/mol. The molecule has 2 heterocycles. The number of hydrogen-bond donors (Lipinski definition) is 1. The lowest BCUT2D eigenvalue weighted by Gasteiger charge is -2.37. The van der Waals surface area contributed by atoms with Crippen LogP contribution in [0.2, 0.25) is 5.02 Å². The number of aromatic nitrogens is 1. The molecule has 1 aromatic heterocycles. The van der Waals surface area contributed by atoms with E-state index in [2.05, 4.69) is 11.8 Å². The van der Waals surface area contributed by atoms with Crippen molar-refractivity contribution in [1.82, 2.24) is 9.88 Å². The van der Waals surface area contributed by atoms with Gasteiger partial charge in [-0.2, -0.15) is 0 Å². The third-order valence-electron chi connectivity index (χ3n) is 6.88. The van der Waals surface area contributed by atoms with Crippen LogP contribution in [0.4, 0.5) is 4.39 Å². The van der Waals surface area contributed by atoms with E-state index in [4.69, 9.17) is 21.3 Å². The molecule has 0 spiro atoms. The first-order valence-electron chi connectivity index (χ1n) is 11.5. The number of hydrogen-bond acceptors (Lipinski definition) is 4. The van der Waals surface area contributed by atoms with Crippen molar-refractivity contribution in [2.45, 2.75) is 69.4 Å². The number of aromatic carboxylic acids is 1. The number of benzene rings is 1. The monoisotopic (exact) mass is 458 g/mol. The summed E-state index contributed by atoms with van der Waals surface area (Å²) in [6.07, 6.45) is 6.08.